The van der Waals surface area contributed by atoms with Gasteiger partial charge in [-0.2, -0.15) is 4.98 Å². The Hall–Kier alpha value is -2.99. The Kier molecular flexibility index (Phi) is 5.09. The lowest BCUT2D eigenvalue weighted by Crippen LogP contribution is -2.37. The first kappa shape index (κ1) is 19.0. The monoisotopic (exact) mass is 418 g/mol. The van der Waals surface area contributed by atoms with Crippen LogP contribution in [0.4, 0.5) is 5.82 Å². The normalized spacial score (nSPS) is 15.0. The summed E-state index contributed by atoms with van der Waals surface area (Å²) < 4.78 is 6.45. The van der Waals surface area contributed by atoms with E-state index in [1.807, 2.05) is 13.0 Å². The Bertz CT molecular complexity index is 1180. The number of para-hydroxylation sites is 2. The van der Waals surface area contributed by atoms with Gasteiger partial charge in [-0.1, -0.05) is 41.7 Å². The zero-order valence-corrected chi connectivity index (χ0v) is 17.7. The topological polar surface area (TPSA) is 56.6 Å². The predicted octanol–water partition coefficient (Wildman–Crippen LogP) is 4.71. The van der Waals surface area contributed by atoms with Gasteiger partial charge >= 0.3 is 5.97 Å². The number of aromatic nitrogens is 2. The van der Waals surface area contributed by atoms with Crippen molar-refractivity contribution < 1.29 is 14.5 Å². The highest BCUT2D eigenvalue weighted by Crippen LogP contribution is 2.35. The third kappa shape index (κ3) is 3.52. The van der Waals surface area contributed by atoms with E-state index in [0.29, 0.717) is 6.61 Å². The smallest absolute Gasteiger partial charge is 0.309 e. The van der Waals surface area contributed by atoms with Crippen molar-refractivity contribution >= 4 is 44.2 Å². The van der Waals surface area contributed by atoms with Crippen molar-refractivity contribution in [3.8, 4) is 10.6 Å². The van der Waals surface area contributed by atoms with Gasteiger partial charge in [-0.25, -0.2) is 4.98 Å². The molecule has 0 atom stereocenters. The van der Waals surface area contributed by atoms with Gasteiger partial charge in [0.05, 0.1) is 23.6 Å². The fraction of sp³-hybridized carbons (Fsp3) is 0.292. The maximum atomic E-state index is 12.1. The number of aromatic amines is 1. The highest BCUT2D eigenvalue weighted by atomic mass is 32.1. The van der Waals surface area contributed by atoms with Gasteiger partial charge in [0.25, 0.3) is 5.01 Å². The molecule has 0 saturated carbocycles. The quantitative estimate of drug-likeness (QED) is 0.451. The van der Waals surface area contributed by atoms with E-state index in [9.17, 15) is 4.79 Å². The predicted molar refractivity (Wildman–Crippen MR) is 121 cm³/mol. The molecule has 0 radical (unpaired) electrons. The van der Waals surface area contributed by atoms with Gasteiger partial charge in [0.15, 0.2) is 0 Å². The molecule has 0 amide bonds. The molecule has 0 unspecified atom stereocenters. The SMILES string of the molecule is CCOC(=O)C1CCN(c2cc(-c3[nH+]c4ccccc4s3)c3ccccc3n2)CC1. The molecule has 6 heteroatoms. The van der Waals surface area contributed by atoms with Gasteiger partial charge in [-0.15, -0.1) is 0 Å². The summed E-state index contributed by atoms with van der Waals surface area (Å²) in [5.41, 5.74) is 3.31. The van der Waals surface area contributed by atoms with E-state index >= 15 is 0 Å². The average molecular weight is 419 g/mol. The molecule has 30 heavy (non-hydrogen) atoms. The lowest BCUT2D eigenvalue weighted by molar-refractivity contribution is -0.325. The largest absolute Gasteiger partial charge is 0.466 e. The number of esters is 1. The van der Waals surface area contributed by atoms with Crippen LogP contribution in [0.25, 0.3) is 31.7 Å². The summed E-state index contributed by atoms with van der Waals surface area (Å²) in [6.45, 7) is 3.92. The van der Waals surface area contributed by atoms with Gasteiger partial charge in [0.1, 0.15) is 10.5 Å². The highest BCUT2D eigenvalue weighted by Gasteiger charge is 2.27. The van der Waals surface area contributed by atoms with Crippen LogP contribution >= 0.6 is 11.3 Å². The number of fused-ring (bicyclic) bond motifs is 2. The zero-order chi connectivity index (χ0) is 20.5. The molecule has 152 valence electrons. The number of piperidine rings is 1. The van der Waals surface area contributed by atoms with E-state index in [1.54, 1.807) is 11.3 Å². The zero-order valence-electron chi connectivity index (χ0n) is 16.9. The molecule has 1 aliphatic heterocycles. The highest BCUT2D eigenvalue weighted by molar-refractivity contribution is 7.21. The second kappa shape index (κ2) is 8.03. The summed E-state index contributed by atoms with van der Waals surface area (Å²) in [6, 6.07) is 18.9. The number of H-pyrrole nitrogens is 1. The van der Waals surface area contributed by atoms with Crippen LogP contribution in [0.2, 0.25) is 0 Å². The first-order valence-electron chi connectivity index (χ1n) is 10.5. The van der Waals surface area contributed by atoms with Gasteiger partial charge in [0.2, 0.25) is 5.52 Å². The van der Waals surface area contributed by atoms with E-state index in [4.69, 9.17) is 9.72 Å². The first-order valence-corrected chi connectivity index (χ1v) is 11.3. The maximum absolute atomic E-state index is 12.1. The number of nitrogens with zero attached hydrogens (tertiary/aromatic N) is 2. The molecule has 1 fully saturated rings. The number of anilines is 1. The Morgan fingerprint density at radius 3 is 2.73 bits per heavy atom. The van der Waals surface area contributed by atoms with E-state index in [0.717, 1.165) is 53.2 Å². The van der Waals surface area contributed by atoms with E-state index < -0.39 is 0 Å². The van der Waals surface area contributed by atoms with Crippen LogP contribution in [-0.4, -0.2) is 30.6 Å². The summed E-state index contributed by atoms with van der Waals surface area (Å²) in [6.07, 6.45) is 1.61. The van der Waals surface area contributed by atoms with E-state index in [1.165, 1.54) is 10.3 Å². The van der Waals surface area contributed by atoms with Crippen molar-refractivity contribution in [3.05, 3.63) is 54.6 Å². The van der Waals surface area contributed by atoms with Gasteiger partial charge in [0, 0.05) is 24.5 Å². The average Bonchev–Trinajstić information content (AvgIpc) is 3.23. The number of rotatable bonds is 4. The number of carbonyl (C=O) groups excluding carboxylic acids is 1. The van der Waals surface area contributed by atoms with Crippen LogP contribution in [-0.2, 0) is 9.53 Å². The summed E-state index contributed by atoms with van der Waals surface area (Å²) >= 11 is 1.77. The number of thiazole rings is 1. The minimum atomic E-state index is -0.0656. The lowest BCUT2D eigenvalue weighted by Gasteiger charge is -2.32. The van der Waals surface area contributed by atoms with Crippen molar-refractivity contribution in [2.24, 2.45) is 5.92 Å². The Morgan fingerprint density at radius 2 is 1.93 bits per heavy atom. The van der Waals surface area contributed by atoms with Crippen LogP contribution in [0.1, 0.15) is 19.8 Å². The molecule has 1 aliphatic rings. The fourth-order valence-corrected chi connectivity index (χ4v) is 5.19. The van der Waals surface area contributed by atoms with Crippen LogP contribution < -0.4 is 9.88 Å². The minimum Gasteiger partial charge on any atom is -0.466 e. The molecular weight excluding hydrogens is 394 g/mol. The second-order valence-electron chi connectivity index (χ2n) is 7.61. The Balaban J connectivity index is 1.51. The molecule has 0 aliphatic carbocycles. The fourth-order valence-electron chi connectivity index (χ4n) is 4.15. The number of ether oxygens (including phenoxy) is 1. The van der Waals surface area contributed by atoms with E-state index in [-0.39, 0.29) is 11.9 Å². The molecule has 5 rings (SSSR count). The molecule has 1 saturated heterocycles. The molecular formula is C24H24N3O2S+. The van der Waals surface area contributed by atoms with Crippen molar-refractivity contribution in [3.63, 3.8) is 0 Å². The number of carbonyl (C=O) groups is 1. The lowest BCUT2D eigenvalue weighted by atomic mass is 9.97. The summed E-state index contributed by atoms with van der Waals surface area (Å²) in [7, 11) is 0. The molecule has 5 nitrogen and oxygen atoms in total. The molecule has 4 aromatic rings. The Labute approximate surface area is 179 Å². The van der Waals surface area contributed by atoms with Gasteiger partial charge in [-0.3, -0.25) is 4.79 Å². The molecule has 1 N–H and O–H groups in total. The molecule has 0 bridgehead atoms. The van der Waals surface area contributed by atoms with Crippen molar-refractivity contribution in [2.75, 3.05) is 24.6 Å². The number of benzene rings is 2. The maximum Gasteiger partial charge on any atom is 0.309 e. The minimum absolute atomic E-state index is 0.00273. The van der Waals surface area contributed by atoms with Crippen LogP contribution in [0.15, 0.2) is 54.6 Å². The third-order valence-electron chi connectivity index (χ3n) is 5.73. The number of hydrogen-bond acceptors (Lipinski definition) is 5. The number of pyridine rings is 1. The molecule has 2 aromatic carbocycles. The molecule has 2 aromatic heterocycles. The first-order chi connectivity index (χ1) is 14.7. The number of hydrogen-bond donors (Lipinski definition) is 0. The summed E-state index contributed by atoms with van der Waals surface area (Å²) in [4.78, 5) is 22.9. The van der Waals surface area contributed by atoms with Crippen molar-refractivity contribution in [1.82, 2.24) is 4.98 Å². The van der Waals surface area contributed by atoms with Gasteiger partial charge in [-0.05, 0) is 38.0 Å². The summed E-state index contributed by atoms with van der Waals surface area (Å²) in [5.74, 6) is 0.901. The second-order valence-corrected chi connectivity index (χ2v) is 8.66. The van der Waals surface area contributed by atoms with Crippen molar-refractivity contribution in [1.29, 1.82) is 0 Å². The van der Waals surface area contributed by atoms with Crippen molar-refractivity contribution in [2.45, 2.75) is 19.8 Å². The standard InChI is InChI=1S/C24H23N3O2S/c1-2-29-24(28)16-11-13-27(14-12-16)22-15-18(17-7-3-4-8-19(17)25-22)23-26-20-9-5-6-10-21(20)30-23/h3-10,15-16H,2,11-14H2,1H3/p+1. The van der Waals surface area contributed by atoms with Crippen LogP contribution in [0.3, 0.4) is 0 Å². The van der Waals surface area contributed by atoms with E-state index in [2.05, 4.69) is 58.4 Å². The molecule has 0 spiro atoms. The molecule has 3 heterocycles. The Morgan fingerprint density at radius 1 is 1.17 bits per heavy atom. The van der Waals surface area contributed by atoms with Crippen LogP contribution in [0.5, 0.6) is 0 Å². The summed E-state index contributed by atoms with van der Waals surface area (Å²) in [5, 5.41) is 2.28. The number of nitrogens with one attached hydrogen (secondary N) is 1. The van der Waals surface area contributed by atoms with Crippen LogP contribution in [0, 0.1) is 5.92 Å². The third-order valence-corrected chi connectivity index (χ3v) is 6.84. The van der Waals surface area contributed by atoms with Gasteiger partial charge < -0.3 is 9.64 Å².